The maximum Gasteiger partial charge on any atom is 0.315 e. The van der Waals surface area contributed by atoms with Gasteiger partial charge in [0.25, 0.3) is 0 Å². The molecule has 0 radical (unpaired) electrons. The van der Waals surface area contributed by atoms with E-state index in [1.54, 1.807) is 45.0 Å². The Hall–Kier alpha value is -3.13. The Morgan fingerprint density at radius 1 is 1.05 bits per heavy atom. The van der Waals surface area contributed by atoms with E-state index in [0.29, 0.717) is 52.8 Å². The van der Waals surface area contributed by atoms with E-state index in [0.717, 1.165) is 11.3 Å². The summed E-state index contributed by atoms with van der Waals surface area (Å²) in [6.07, 6.45) is 0.815. The van der Waals surface area contributed by atoms with Crippen LogP contribution < -0.4 is 9.47 Å². The summed E-state index contributed by atoms with van der Waals surface area (Å²) in [5.41, 5.74) is 3.46. The lowest BCUT2D eigenvalue weighted by molar-refractivity contribution is -0.145. The summed E-state index contributed by atoms with van der Waals surface area (Å²) in [5, 5.41) is 0. The number of nitrogens with zero attached hydrogens (tertiary/aromatic N) is 1. The minimum Gasteiger partial charge on any atom is -0.493 e. The first-order valence-corrected chi connectivity index (χ1v) is 13.6. The van der Waals surface area contributed by atoms with Gasteiger partial charge in [-0.2, -0.15) is 11.8 Å². The van der Waals surface area contributed by atoms with Crippen molar-refractivity contribution in [2.75, 3.05) is 32.3 Å². The molecular formula is C29H32FNO5S. The molecule has 0 aromatic heterocycles. The molecule has 1 unspecified atom stereocenters. The van der Waals surface area contributed by atoms with Crippen molar-refractivity contribution in [3.63, 3.8) is 0 Å². The van der Waals surface area contributed by atoms with Crippen LogP contribution in [0.15, 0.2) is 58.7 Å². The van der Waals surface area contributed by atoms with E-state index in [4.69, 9.17) is 19.2 Å². The van der Waals surface area contributed by atoms with Crippen LogP contribution in [0.4, 0.5) is 4.39 Å². The lowest BCUT2D eigenvalue weighted by Crippen LogP contribution is -2.38. The van der Waals surface area contributed by atoms with Gasteiger partial charge in [0, 0.05) is 35.1 Å². The van der Waals surface area contributed by atoms with Crippen molar-refractivity contribution in [3.8, 4) is 11.5 Å². The van der Waals surface area contributed by atoms with Gasteiger partial charge in [0.1, 0.15) is 18.3 Å². The molecule has 0 N–H and O–H groups in total. The Morgan fingerprint density at radius 2 is 1.76 bits per heavy atom. The highest BCUT2D eigenvalue weighted by molar-refractivity contribution is 7.99. The predicted molar refractivity (Wildman–Crippen MR) is 143 cm³/mol. The van der Waals surface area contributed by atoms with E-state index in [1.807, 2.05) is 25.1 Å². The topological polar surface area (TPSA) is 74.2 Å². The van der Waals surface area contributed by atoms with Crippen molar-refractivity contribution in [2.24, 2.45) is 10.9 Å². The molecule has 0 fully saturated rings. The minimum absolute atomic E-state index is 0.0639. The standard InChI is InChI=1S/C29H32FNO5S/c1-5-37-13-12-36-29(33)26-17(2)31-22-14-20(19-8-11-24(34-3)25(16-19)35-4)15-23(32)28(22)27(26)18-6-9-21(30)10-7-18/h6-11,16,20,26-27H,5,12-15H2,1-4H3/t20-,26?,27+/m0/s1. The molecule has 2 aliphatic rings. The first-order chi connectivity index (χ1) is 17.9. The number of hydrogen-bond donors (Lipinski definition) is 0. The average molecular weight is 526 g/mol. The number of carbonyl (C=O) groups is 2. The number of hydrogen-bond acceptors (Lipinski definition) is 7. The van der Waals surface area contributed by atoms with Gasteiger partial charge < -0.3 is 14.2 Å². The first kappa shape index (κ1) is 26.9. The zero-order valence-electron chi connectivity index (χ0n) is 21.6. The van der Waals surface area contributed by atoms with Crippen molar-refractivity contribution in [2.45, 2.75) is 38.5 Å². The van der Waals surface area contributed by atoms with E-state index in [-0.39, 0.29) is 23.9 Å². The molecule has 1 aliphatic carbocycles. The number of ketones is 1. The van der Waals surface area contributed by atoms with E-state index in [1.165, 1.54) is 12.1 Å². The van der Waals surface area contributed by atoms with Gasteiger partial charge >= 0.3 is 5.97 Å². The van der Waals surface area contributed by atoms with E-state index >= 15 is 0 Å². The molecule has 0 saturated carbocycles. The number of methoxy groups -OCH3 is 2. The largest absolute Gasteiger partial charge is 0.493 e. The summed E-state index contributed by atoms with van der Waals surface area (Å²) in [6, 6.07) is 11.7. The monoisotopic (exact) mass is 525 g/mol. The van der Waals surface area contributed by atoms with Crippen LogP contribution in [0, 0.1) is 11.7 Å². The first-order valence-electron chi connectivity index (χ1n) is 12.4. The van der Waals surface area contributed by atoms with Gasteiger partial charge in [-0.1, -0.05) is 25.1 Å². The van der Waals surface area contributed by atoms with E-state index in [9.17, 15) is 14.0 Å². The lowest BCUT2D eigenvalue weighted by Gasteiger charge is -2.36. The third kappa shape index (κ3) is 5.74. The third-order valence-electron chi connectivity index (χ3n) is 6.93. The van der Waals surface area contributed by atoms with Crippen LogP contribution in [0.5, 0.6) is 11.5 Å². The van der Waals surface area contributed by atoms with Crippen molar-refractivity contribution in [3.05, 3.63) is 70.7 Å². The van der Waals surface area contributed by atoms with Crippen molar-refractivity contribution >= 4 is 29.2 Å². The Bertz CT molecular complexity index is 1220. The molecule has 3 atom stereocenters. The zero-order valence-corrected chi connectivity index (χ0v) is 22.4. The fraction of sp³-hybridized carbons (Fsp3) is 0.414. The van der Waals surface area contributed by atoms with Crippen LogP contribution in [0.3, 0.4) is 0 Å². The summed E-state index contributed by atoms with van der Waals surface area (Å²) >= 11 is 1.69. The van der Waals surface area contributed by atoms with E-state index in [2.05, 4.69) is 0 Å². The van der Waals surface area contributed by atoms with Gasteiger partial charge in [-0.05, 0) is 60.4 Å². The van der Waals surface area contributed by atoms with Crippen molar-refractivity contribution in [1.82, 2.24) is 0 Å². The lowest BCUT2D eigenvalue weighted by atomic mass is 9.69. The van der Waals surface area contributed by atoms with Gasteiger partial charge in [-0.15, -0.1) is 0 Å². The second-order valence-electron chi connectivity index (χ2n) is 9.13. The van der Waals surface area contributed by atoms with Gasteiger partial charge in [-0.3, -0.25) is 14.6 Å². The molecule has 1 aliphatic heterocycles. The maximum absolute atomic E-state index is 13.8. The molecule has 8 heteroatoms. The highest BCUT2D eigenvalue weighted by Crippen LogP contribution is 2.47. The number of benzene rings is 2. The molecular weight excluding hydrogens is 493 g/mol. The third-order valence-corrected chi connectivity index (χ3v) is 7.79. The fourth-order valence-electron chi connectivity index (χ4n) is 5.17. The predicted octanol–water partition coefficient (Wildman–Crippen LogP) is 5.71. The molecule has 2 aromatic rings. The summed E-state index contributed by atoms with van der Waals surface area (Å²) < 4.78 is 30.2. The molecule has 0 spiro atoms. The minimum atomic E-state index is -0.739. The van der Waals surface area contributed by atoms with Crippen molar-refractivity contribution in [1.29, 1.82) is 0 Å². The molecule has 6 nitrogen and oxygen atoms in total. The molecule has 0 bridgehead atoms. The van der Waals surface area contributed by atoms with Gasteiger partial charge in [-0.25, -0.2) is 4.39 Å². The van der Waals surface area contributed by atoms with Crippen LogP contribution in [-0.2, 0) is 14.3 Å². The summed E-state index contributed by atoms with van der Waals surface area (Å²) in [5.74, 6) is 0.608. The van der Waals surface area contributed by atoms with Gasteiger partial charge in [0.05, 0.1) is 14.2 Å². The second-order valence-corrected chi connectivity index (χ2v) is 10.5. The van der Waals surface area contributed by atoms with Crippen LogP contribution in [-0.4, -0.2) is 49.8 Å². The maximum atomic E-state index is 13.8. The number of esters is 1. The van der Waals surface area contributed by atoms with Crippen LogP contribution in [0.25, 0.3) is 0 Å². The highest BCUT2D eigenvalue weighted by Gasteiger charge is 2.44. The number of ether oxygens (including phenoxy) is 3. The fourth-order valence-corrected chi connectivity index (χ4v) is 5.66. The zero-order chi connectivity index (χ0) is 26.5. The number of thioether (sulfide) groups is 1. The Morgan fingerprint density at radius 3 is 2.43 bits per heavy atom. The number of rotatable bonds is 9. The average Bonchev–Trinajstić information content (AvgIpc) is 2.90. The van der Waals surface area contributed by atoms with Crippen LogP contribution in [0.1, 0.15) is 49.7 Å². The van der Waals surface area contributed by atoms with Crippen LogP contribution >= 0.6 is 11.8 Å². The summed E-state index contributed by atoms with van der Waals surface area (Å²) in [6.45, 7) is 4.14. The molecule has 0 amide bonds. The van der Waals surface area contributed by atoms with Crippen molar-refractivity contribution < 1.29 is 28.2 Å². The number of carbonyl (C=O) groups excluding carboxylic acids is 2. The second kappa shape index (κ2) is 11.9. The summed E-state index contributed by atoms with van der Waals surface area (Å²) in [7, 11) is 3.16. The smallest absolute Gasteiger partial charge is 0.315 e. The normalized spacial score (nSPS) is 21.3. The van der Waals surface area contributed by atoms with Gasteiger partial charge in [0.2, 0.25) is 0 Å². The highest BCUT2D eigenvalue weighted by atomic mass is 32.2. The molecule has 1 heterocycles. The molecule has 37 heavy (non-hydrogen) atoms. The Balaban J connectivity index is 1.70. The Kier molecular flexibility index (Phi) is 8.69. The Labute approximate surface area is 221 Å². The van der Waals surface area contributed by atoms with Gasteiger partial charge in [0.15, 0.2) is 17.3 Å². The molecule has 4 rings (SSSR count). The van der Waals surface area contributed by atoms with Crippen LogP contribution in [0.2, 0.25) is 0 Å². The quantitative estimate of drug-likeness (QED) is 0.308. The number of allylic oxidation sites excluding steroid dienone is 2. The number of halogens is 1. The number of Topliss-reactive ketones (excluding diaryl/α,β-unsaturated/α-hetero) is 1. The number of aliphatic imine (C=N–C) groups is 1. The summed E-state index contributed by atoms with van der Waals surface area (Å²) in [4.78, 5) is 31.8. The molecule has 196 valence electrons. The molecule has 0 saturated heterocycles. The molecule has 2 aromatic carbocycles. The van der Waals surface area contributed by atoms with E-state index < -0.39 is 17.8 Å². The SMILES string of the molecule is CCSCCOC(=O)C1C(C)=NC2=C(C(=O)C[C@@H](c3ccc(OC)c(OC)c3)C2)[C@@H]1c1ccc(F)cc1.